The molecule has 0 saturated heterocycles. The fraction of sp³-hybridized carbons (Fsp3) is 0.200. The highest BCUT2D eigenvalue weighted by atomic mass is 79.9. The molecule has 0 spiro atoms. The maximum atomic E-state index is 3.52. The van der Waals surface area contributed by atoms with Crippen LogP contribution in [0.15, 0.2) is 33.9 Å². The van der Waals surface area contributed by atoms with Gasteiger partial charge in [-0.15, -0.1) is 0 Å². The van der Waals surface area contributed by atoms with Crippen LogP contribution in [0.1, 0.15) is 19.4 Å². The van der Waals surface area contributed by atoms with Gasteiger partial charge in [-0.05, 0) is 31.1 Å². The largest absolute Gasteiger partial charge is 0.0879 e. The van der Waals surface area contributed by atoms with E-state index in [-0.39, 0.29) is 0 Å². The number of benzene rings is 1. The summed E-state index contributed by atoms with van der Waals surface area (Å²) in [5, 5.41) is 1.17. The molecule has 0 fully saturated rings. The molecule has 0 nitrogen and oxygen atoms in total. The van der Waals surface area contributed by atoms with Crippen molar-refractivity contribution >= 4 is 31.7 Å². The van der Waals surface area contributed by atoms with Crippen molar-refractivity contribution in [2.24, 2.45) is 0 Å². The molecule has 1 aromatic rings. The fourth-order valence-electron chi connectivity index (χ4n) is 0.967. The summed E-state index contributed by atoms with van der Waals surface area (Å²) >= 11 is 3.51. The summed E-state index contributed by atoms with van der Waals surface area (Å²) < 4.78 is 1.14. The monoisotopic (exact) mass is 237 g/mol. The fourth-order valence-corrected chi connectivity index (χ4v) is 1.68. The van der Waals surface area contributed by atoms with E-state index < -0.39 is 0 Å². The molecule has 2 heteroatoms. The molecule has 0 aromatic heterocycles. The van der Waals surface area contributed by atoms with E-state index in [2.05, 4.69) is 39.2 Å². The molecule has 0 N–H and O–H groups in total. The number of hydrogen-bond acceptors (Lipinski definition) is 0. The predicted molar refractivity (Wildman–Crippen MR) is 58.2 cm³/mol. The Bertz CT molecular complexity index is 311. The lowest BCUT2D eigenvalue weighted by Crippen LogP contribution is -1.85. The lowest BCUT2D eigenvalue weighted by molar-refractivity contribution is 1.49. The quantitative estimate of drug-likeness (QED) is 0.658. The summed E-state index contributed by atoms with van der Waals surface area (Å²) in [7, 11) is 3.52. The number of rotatable bonds is 1. The van der Waals surface area contributed by atoms with Gasteiger partial charge in [0.25, 0.3) is 0 Å². The number of allylic oxidation sites excluding steroid dienone is 2. The lowest BCUT2D eigenvalue weighted by Gasteiger charge is -2.05. The van der Waals surface area contributed by atoms with Crippen molar-refractivity contribution in [2.45, 2.75) is 13.8 Å². The Morgan fingerprint density at radius 1 is 1.25 bits per heavy atom. The second-order valence-corrected chi connectivity index (χ2v) is 4.33. The highest BCUT2D eigenvalue weighted by Gasteiger charge is 2.00. The van der Waals surface area contributed by atoms with Gasteiger partial charge in [0.15, 0.2) is 0 Å². The SMILES string of the molecule is CC([Si])=C(C)c1ccccc1Br. The number of halogens is 1. The molecule has 3 radical (unpaired) electrons. The van der Waals surface area contributed by atoms with E-state index in [1.807, 2.05) is 25.1 Å². The Morgan fingerprint density at radius 2 is 1.83 bits per heavy atom. The summed E-state index contributed by atoms with van der Waals surface area (Å²) in [5.41, 5.74) is 2.50. The smallest absolute Gasteiger partial charge is 0.0650 e. The maximum absolute atomic E-state index is 3.52. The third kappa shape index (κ3) is 2.08. The van der Waals surface area contributed by atoms with Crippen molar-refractivity contribution in [1.82, 2.24) is 0 Å². The van der Waals surface area contributed by atoms with E-state index >= 15 is 0 Å². The van der Waals surface area contributed by atoms with Gasteiger partial charge in [-0.3, -0.25) is 0 Å². The molecule has 1 aromatic carbocycles. The van der Waals surface area contributed by atoms with Gasteiger partial charge in [0.05, 0.1) is 10.2 Å². The second kappa shape index (κ2) is 4.05. The number of hydrogen-bond donors (Lipinski definition) is 0. The van der Waals surface area contributed by atoms with Crippen LogP contribution in [-0.2, 0) is 0 Å². The Kier molecular flexibility index (Phi) is 3.29. The third-order valence-corrected chi connectivity index (χ3v) is 2.91. The van der Waals surface area contributed by atoms with E-state index in [1.165, 1.54) is 16.3 Å². The van der Waals surface area contributed by atoms with Crippen LogP contribution in [-0.4, -0.2) is 10.2 Å². The second-order valence-electron chi connectivity index (χ2n) is 2.73. The molecule has 0 amide bonds. The van der Waals surface area contributed by atoms with Crippen LogP contribution >= 0.6 is 15.9 Å². The summed E-state index contributed by atoms with van der Waals surface area (Å²) in [6, 6.07) is 8.21. The normalized spacial score (nSPS) is 12.7. The molecule has 0 saturated carbocycles. The van der Waals surface area contributed by atoms with Gasteiger partial charge in [-0.25, -0.2) is 0 Å². The highest BCUT2D eigenvalue weighted by molar-refractivity contribution is 9.10. The van der Waals surface area contributed by atoms with E-state index in [0.29, 0.717) is 0 Å². The van der Waals surface area contributed by atoms with Crippen LogP contribution in [0, 0.1) is 0 Å². The molecular formula is C10H10BrSi. The zero-order valence-corrected chi connectivity index (χ0v) is 9.77. The van der Waals surface area contributed by atoms with Gasteiger partial charge in [-0.2, -0.15) is 0 Å². The van der Waals surface area contributed by atoms with E-state index in [1.54, 1.807) is 0 Å². The van der Waals surface area contributed by atoms with Crippen LogP contribution in [0.3, 0.4) is 0 Å². The van der Waals surface area contributed by atoms with Gasteiger partial charge >= 0.3 is 0 Å². The van der Waals surface area contributed by atoms with Crippen molar-refractivity contribution in [3.8, 4) is 0 Å². The third-order valence-electron chi connectivity index (χ3n) is 1.84. The molecule has 0 aliphatic heterocycles. The molecule has 12 heavy (non-hydrogen) atoms. The Hall–Kier alpha value is -0.343. The average Bonchev–Trinajstić information content (AvgIpc) is 2.04. The summed E-state index contributed by atoms with van der Waals surface area (Å²) in [6.07, 6.45) is 0. The Balaban J connectivity index is 3.21. The van der Waals surface area contributed by atoms with E-state index in [4.69, 9.17) is 0 Å². The maximum Gasteiger partial charge on any atom is 0.0650 e. The highest BCUT2D eigenvalue weighted by Crippen LogP contribution is 2.24. The molecule has 0 unspecified atom stereocenters. The minimum absolute atomic E-state index is 1.14. The first kappa shape index (κ1) is 9.74. The van der Waals surface area contributed by atoms with Crippen molar-refractivity contribution in [2.75, 3.05) is 0 Å². The van der Waals surface area contributed by atoms with Crippen LogP contribution in [0.25, 0.3) is 5.57 Å². The summed E-state index contributed by atoms with van der Waals surface area (Å²) in [4.78, 5) is 0. The zero-order valence-electron chi connectivity index (χ0n) is 7.19. The molecule has 0 atom stereocenters. The van der Waals surface area contributed by atoms with Gasteiger partial charge < -0.3 is 0 Å². The first-order valence-corrected chi connectivity index (χ1v) is 5.06. The average molecular weight is 238 g/mol. The van der Waals surface area contributed by atoms with Crippen LogP contribution in [0.4, 0.5) is 0 Å². The standard InChI is InChI=1S/C10H10BrSi/c1-7(8(2)12)9-5-3-4-6-10(9)11/h3-6H,1-2H3. The van der Waals surface area contributed by atoms with Gasteiger partial charge in [-0.1, -0.05) is 39.3 Å². The Morgan fingerprint density at radius 3 is 2.33 bits per heavy atom. The summed E-state index contributed by atoms with van der Waals surface area (Å²) in [6.45, 7) is 4.15. The molecule has 1 rings (SSSR count). The van der Waals surface area contributed by atoms with Crippen LogP contribution in [0.5, 0.6) is 0 Å². The first-order chi connectivity index (χ1) is 5.63. The van der Waals surface area contributed by atoms with E-state index in [9.17, 15) is 0 Å². The molecule has 0 aliphatic carbocycles. The molecule has 61 valence electrons. The first-order valence-electron chi connectivity index (χ1n) is 3.77. The van der Waals surface area contributed by atoms with E-state index in [0.717, 1.165) is 4.47 Å². The summed E-state index contributed by atoms with van der Waals surface area (Å²) in [5.74, 6) is 0. The predicted octanol–water partition coefficient (Wildman–Crippen LogP) is 3.37. The molecule has 0 heterocycles. The van der Waals surface area contributed by atoms with Crippen molar-refractivity contribution in [1.29, 1.82) is 0 Å². The van der Waals surface area contributed by atoms with Gasteiger partial charge in [0.1, 0.15) is 0 Å². The Labute approximate surface area is 85.2 Å². The van der Waals surface area contributed by atoms with Crippen LogP contribution in [0.2, 0.25) is 0 Å². The molecule has 0 bridgehead atoms. The minimum Gasteiger partial charge on any atom is -0.0879 e. The van der Waals surface area contributed by atoms with Crippen molar-refractivity contribution in [3.63, 3.8) is 0 Å². The van der Waals surface area contributed by atoms with Gasteiger partial charge in [0.2, 0.25) is 0 Å². The minimum atomic E-state index is 1.14. The van der Waals surface area contributed by atoms with Crippen molar-refractivity contribution < 1.29 is 0 Å². The van der Waals surface area contributed by atoms with Crippen molar-refractivity contribution in [3.05, 3.63) is 39.5 Å². The zero-order chi connectivity index (χ0) is 9.14. The van der Waals surface area contributed by atoms with Crippen LogP contribution < -0.4 is 0 Å². The van der Waals surface area contributed by atoms with Gasteiger partial charge in [0, 0.05) is 4.47 Å². The lowest BCUT2D eigenvalue weighted by atomic mass is 10.1. The molecule has 0 aliphatic rings. The topological polar surface area (TPSA) is 0 Å². The molecular weight excluding hydrogens is 228 g/mol.